The summed E-state index contributed by atoms with van der Waals surface area (Å²) in [6.45, 7) is 1.66. The van der Waals surface area contributed by atoms with Crippen LogP contribution in [0.3, 0.4) is 0 Å². The number of hydrogen-bond acceptors (Lipinski definition) is 3. The first-order valence-corrected chi connectivity index (χ1v) is 5.39. The van der Waals surface area contributed by atoms with Crippen LogP contribution in [-0.2, 0) is 15.7 Å². The van der Waals surface area contributed by atoms with Crippen LogP contribution in [0.25, 0.3) is 0 Å². The highest BCUT2D eigenvalue weighted by Crippen LogP contribution is 2.32. The minimum Gasteiger partial charge on any atom is -0.478 e. The lowest BCUT2D eigenvalue weighted by atomic mass is 10.0. The molecule has 0 amide bonds. The monoisotopic (exact) mass is 286 g/mol. The Hall–Kier alpha value is -2.49. The zero-order valence-corrected chi connectivity index (χ0v) is 10.2. The molecule has 7 heteroatoms. The van der Waals surface area contributed by atoms with Gasteiger partial charge in [-0.1, -0.05) is 5.92 Å². The Morgan fingerprint density at radius 3 is 2.50 bits per heavy atom. The van der Waals surface area contributed by atoms with E-state index < -0.39 is 29.2 Å². The van der Waals surface area contributed by atoms with Gasteiger partial charge in [-0.3, -0.25) is 0 Å². The van der Waals surface area contributed by atoms with E-state index in [1.54, 1.807) is 6.92 Å². The summed E-state index contributed by atoms with van der Waals surface area (Å²) in [5.74, 6) is 1.63. The number of halogens is 3. The molecule has 0 heterocycles. The van der Waals surface area contributed by atoms with Crippen molar-refractivity contribution in [2.75, 3.05) is 6.61 Å². The lowest BCUT2D eigenvalue weighted by molar-refractivity contribution is -0.138. The van der Waals surface area contributed by atoms with E-state index in [1.165, 1.54) is 0 Å². The maximum absolute atomic E-state index is 12.7. The number of carboxylic acid groups (broad SMARTS) is 1. The van der Waals surface area contributed by atoms with Crippen molar-refractivity contribution in [2.24, 2.45) is 0 Å². The second-order valence-corrected chi connectivity index (χ2v) is 3.53. The van der Waals surface area contributed by atoms with Crippen molar-refractivity contribution < 1.29 is 32.6 Å². The van der Waals surface area contributed by atoms with Crippen molar-refractivity contribution in [1.29, 1.82) is 0 Å². The van der Waals surface area contributed by atoms with Gasteiger partial charge in [0, 0.05) is 11.5 Å². The molecular formula is C13H9F3O4. The first kappa shape index (κ1) is 15.6. The molecule has 0 aromatic heterocycles. The number of alkyl halides is 3. The van der Waals surface area contributed by atoms with Gasteiger partial charge in [0.2, 0.25) is 0 Å². The molecule has 4 nitrogen and oxygen atoms in total. The van der Waals surface area contributed by atoms with Gasteiger partial charge in [-0.15, -0.1) is 0 Å². The Balaban J connectivity index is 3.20. The number of benzene rings is 1. The van der Waals surface area contributed by atoms with Crippen LogP contribution in [0.2, 0.25) is 0 Å². The first-order chi connectivity index (χ1) is 9.25. The summed E-state index contributed by atoms with van der Waals surface area (Å²) in [6.07, 6.45) is -4.82. The maximum Gasteiger partial charge on any atom is 0.417 e. The molecule has 0 fully saturated rings. The van der Waals surface area contributed by atoms with Gasteiger partial charge in [0.1, 0.15) is 0 Å². The molecule has 0 aliphatic rings. The maximum atomic E-state index is 12.7. The van der Waals surface area contributed by atoms with Crippen LogP contribution in [0.1, 0.15) is 28.4 Å². The number of carboxylic acids is 1. The average molecular weight is 286 g/mol. The standard InChI is InChI=1S/C13H9F3O4/c1-2-20-11(17)6-4-8-3-5-9(12(18)19)10(7-8)13(14,15)16/h3,5,7H,2H2,1H3,(H,18,19). The molecule has 0 aliphatic heterocycles. The molecule has 1 aromatic carbocycles. The van der Waals surface area contributed by atoms with Gasteiger partial charge >= 0.3 is 18.1 Å². The molecule has 1 aromatic rings. The first-order valence-electron chi connectivity index (χ1n) is 5.39. The van der Waals surface area contributed by atoms with Crippen LogP contribution in [0.4, 0.5) is 13.2 Å². The van der Waals surface area contributed by atoms with Gasteiger partial charge in [0.15, 0.2) is 0 Å². The Labute approximate surface area is 112 Å². The molecule has 106 valence electrons. The number of esters is 1. The summed E-state index contributed by atoms with van der Waals surface area (Å²) < 4.78 is 42.6. The van der Waals surface area contributed by atoms with Crippen LogP contribution >= 0.6 is 0 Å². The van der Waals surface area contributed by atoms with Gasteiger partial charge in [-0.2, -0.15) is 13.2 Å². The van der Waals surface area contributed by atoms with E-state index in [0.717, 1.165) is 12.1 Å². The van der Waals surface area contributed by atoms with E-state index in [-0.39, 0.29) is 12.2 Å². The van der Waals surface area contributed by atoms with Gasteiger partial charge in [0.05, 0.1) is 17.7 Å². The molecule has 1 N–H and O–H groups in total. The smallest absolute Gasteiger partial charge is 0.417 e. The third-order valence-electron chi connectivity index (χ3n) is 2.14. The van der Waals surface area contributed by atoms with Gasteiger partial charge in [-0.25, -0.2) is 9.59 Å². The fraction of sp³-hybridized carbons (Fsp3) is 0.231. The van der Waals surface area contributed by atoms with Crippen molar-refractivity contribution >= 4 is 11.9 Å². The third kappa shape index (κ3) is 4.02. The zero-order chi connectivity index (χ0) is 15.3. The predicted octanol–water partition coefficient (Wildman–Crippen LogP) is 2.32. The Kier molecular flexibility index (Phi) is 4.75. The van der Waals surface area contributed by atoms with Crippen molar-refractivity contribution in [2.45, 2.75) is 13.1 Å². The molecule has 0 aliphatic carbocycles. The summed E-state index contributed by atoms with van der Waals surface area (Å²) in [4.78, 5) is 21.7. The molecule has 0 bridgehead atoms. The predicted molar refractivity (Wildman–Crippen MR) is 61.9 cm³/mol. The van der Waals surface area contributed by atoms with Crippen LogP contribution in [0.5, 0.6) is 0 Å². The number of hydrogen-bond donors (Lipinski definition) is 1. The average Bonchev–Trinajstić information content (AvgIpc) is 2.35. The third-order valence-corrected chi connectivity index (χ3v) is 2.14. The Morgan fingerprint density at radius 2 is 2.00 bits per heavy atom. The summed E-state index contributed by atoms with van der Waals surface area (Å²) in [5.41, 5.74) is -2.32. The number of aromatic carboxylic acids is 1. The molecule has 1 rings (SSSR count). The van der Waals surface area contributed by atoms with E-state index >= 15 is 0 Å². The van der Waals surface area contributed by atoms with E-state index in [4.69, 9.17) is 5.11 Å². The normalized spacial score (nSPS) is 10.4. The van der Waals surface area contributed by atoms with Gasteiger partial charge < -0.3 is 9.84 Å². The van der Waals surface area contributed by atoms with Crippen molar-refractivity contribution in [3.63, 3.8) is 0 Å². The Morgan fingerprint density at radius 1 is 1.35 bits per heavy atom. The number of rotatable bonds is 2. The largest absolute Gasteiger partial charge is 0.478 e. The fourth-order valence-corrected chi connectivity index (χ4v) is 1.33. The van der Waals surface area contributed by atoms with Crippen LogP contribution < -0.4 is 0 Å². The number of ether oxygens (including phenoxy) is 1. The molecular weight excluding hydrogens is 277 g/mol. The quantitative estimate of drug-likeness (QED) is 0.669. The molecule has 0 spiro atoms. The van der Waals surface area contributed by atoms with E-state index in [0.29, 0.717) is 6.07 Å². The Bertz CT molecular complexity index is 594. The summed E-state index contributed by atoms with van der Waals surface area (Å²) in [6, 6.07) is 2.46. The SMILES string of the molecule is CCOC(=O)C#Cc1ccc(C(=O)O)c(C(F)(F)F)c1. The second-order valence-electron chi connectivity index (χ2n) is 3.53. The molecule has 0 saturated heterocycles. The van der Waals surface area contributed by atoms with E-state index in [1.807, 2.05) is 5.92 Å². The van der Waals surface area contributed by atoms with E-state index in [9.17, 15) is 22.8 Å². The van der Waals surface area contributed by atoms with Crippen molar-refractivity contribution in [3.05, 3.63) is 34.9 Å². The molecule has 0 saturated carbocycles. The second kappa shape index (κ2) is 6.10. The molecule has 0 unspecified atom stereocenters. The lowest BCUT2D eigenvalue weighted by Gasteiger charge is -2.10. The summed E-state index contributed by atoms with van der Waals surface area (Å²) >= 11 is 0. The minimum atomic E-state index is -4.82. The molecule has 20 heavy (non-hydrogen) atoms. The van der Waals surface area contributed by atoms with Crippen molar-refractivity contribution in [3.8, 4) is 11.8 Å². The highest BCUT2D eigenvalue weighted by Gasteiger charge is 2.35. The highest BCUT2D eigenvalue weighted by molar-refractivity contribution is 5.91. The van der Waals surface area contributed by atoms with Gasteiger partial charge in [-0.05, 0) is 25.1 Å². The summed E-state index contributed by atoms with van der Waals surface area (Å²) in [5, 5.41) is 8.70. The summed E-state index contributed by atoms with van der Waals surface area (Å²) in [7, 11) is 0. The van der Waals surface area contributed by atoms with Crippen LogP contribution in [0, 0.1) is 11.8 Å². The zero-order valence-electron chi connectivity index (χ0n) is 10.2. The van der Waals surface area contributed by atoms with E-state index in [2.05, 4.69) is 10.7 Å². The van der Waals surface area contributed by atoms with Crippen LogP contribution in [0.15, 0.2) is 18.2 Å². The fourth-order valence-electron chi connectivity index (χ4n) is 1.33. The van der Waals surface area contributed by atoms with Gasteiger partial charge in [0.25, 0.3) is 0 Å². The molecule has 0 radical (unpaired) electrons. The van der Waals surface area contributed by atoms with Crippen molar-refractivity contribution in [1.82, 2.24) is 0 Å². The number of carbonyl (C=O) groups is 2. The number of carbonyl (C=O) groups excluding carboxylic acids is 1. The van der Waals surface area contributed by atoms with Crippen LogP contribution in [-0.4, -0.2) is 23.7 Å². The minimum absolute atomic E-state index is 0.0965. The highest BCUT2D eigenvalue weighted by atomic mass is 19.4. The lowest BCUT2D eigenvalue weighted by Crippen LogP contribution is -2.13. The topological polar surface area (TPSA) is 63.6 Å². The molecule has 0 atom stereocenters.